The average molecular weight is 524 g/mol. The van der Waals surface area contributed by atoms with Gasteiger partial charge in [-0.25, -0.2) is 14.3 Å². The minimum Gasteiger partial charge on any atom is -0.462 e. The topological polar surface area (TPSA) is 90.7 Å². The molecule has 0 saturated carbocycles. The van der Waals surface area contributed by atoms with E-state index >= 15 is 0 Å². The van der Waals surface area contributed by atoms with Crippen LogP contribution in [0.5, 0.6) is 0 Å². The van der Waals surface area contributed by atoms with Crippen molar-refractivity contribution in [2.24, 2.45) is 0 Å². The molecule has 3 aromatic rings. The Balaban J connectivity index is 1.76. The number of esters is 2. The zero-order valence-corrected chi connectivity index (χ0v) is 22.0. The number of amides is 1. The largest absolute Gasteiger partial charge is 0.462 e. The van der Waals surface area contributed by atoms with Gasteiger partial charge in [-0.3, -0.25) is 4.79 Å². The third-order valence-electron chi connectivity index (χ3n) is 6.35. The number of rotatable bonds is 8. The number of hydrogen-bond acceptors (Lipinski definition) is 6. The van der Waals surface area contributed by atoms with Crippen molar-refractivity contribution in [3.05, 3.63) is 81.1 Å². The molecular formula is C28H30ClN3O5. The Morgan fingerprint density at radius 1 is 1.03 bits per heavy atom. The number of carbonyl (C=O) groups is 3. The van der Waals surface area contributed by atoms with E-state index in [1.807, 2.05) is 25.1 Å². The number of fused-ring (bicyclic) bond motifs is 1. The van der Waals surface area contributed by atoms with E-state index in [-0.39, 0.29) is 34.4 Å². The van der Waals surface area contributed by atoms with Gasteiger partial charge < -0.3 is 14.4 Å². The van der Waals surface area contributed by atoms with E-state index in [4.69, 9.17) is 21.1 Å². The normalized spacial score (nSPS) is 12.7. The minimum absolute atomic E-state index is 0.0330. The monoisotopic (exact) mass is 523 g/mol. The fourth-order valence-electron chi connectivity index (χ4n) is 4.30. The summed E-state index contributed by atoms with van der Waals surface area (Å²) in [4.78, 5) is 40.7. The maximum Gasteiger partial charge on any atom is 0.360 e. The van der Waals surface area contributed by atoms with Crippen LogP contribution in [0, 0.1) is 6.92 Å². The number of benzene rings is 2. The van der Waals surface area contributed by atoms with E-state index in [2.05, 4.69) is 11.2 Å². The first-order valence-corrected chi connectivity index (χ1v) is 12.8. The van der Waals surface area contributed by atoms with Crippen molar-refractivity contribution in [2.45, 2.75) is 46.6 Å². The Bertz CT molecular complexity index is 1330. The standard InChI is InChI=1S/C28H30ClN3O5/c1-4-6-15-37-27(34)20-11-12-23(32-18(3)24(29)25(30-32)28(35)36-5-2)22(16-20)26(33)31-14-13-19-9-7-8-10-21(19)17-31/h7-12,16H,4-6,13-15,17H2,1-3H3. The molecule has 0 spiro atoms. The molecule has 0 radical (unpaired) electrons. The number of unbranched alkanes of at least 4 members (excludes halogenated alkanes) is 1. The molecule has 0 N–H and O–H groups in total. The quantitative estimate of drug-likeness (QED) is 0.299. The van der Waals surface area contributed by atoms with Gasteiger partial charge in [-0.15, -0.1) is 0 Å². The molecule has 0 bridgehead atoms. The molecule has 4 rings (SSSR count). The fourth-order valence-corrected chi connectivity index (χ4v) is 4.49. The molecule has 1 aliphatic rings. The lowest BCUT2D eigenvalue weighted by atomic mass is 9.98. The number of aromatic nitrogens is 2. The molecule has 0 fully saturated rings. The molecule has 0 unspecified atom stereocenters. The van der Waals surface area contributed by atoms with Crippen molar-refractivity contribution in [1.29, 1.82) is 0 Å². The van der Waals surface area contributed by atoms with Gasteiger partial charge in [0.1, 0.15) is 0 Å². The molecule has 9 heteroatoms. The van der Waals surface area contributed by atoms with Gasteiger partial charge in [-0.05, 0) is 56.0 Å². The molecule has 0 atom stereocenters. The Hall–Kier alpha value is -3.65. The number of nitrogens with zero attached hydrogens (tertiary/aromatic N) is 3. The molecular weight excluding hydrogens is 494 g/mol. The summed E-state index contributed by atoms with van der Waals surface area (Å²) < 4.78 is 11.9. The van der Waals surface area contributed by atoms with Crippen molar-refractivity contribution in [3.63, 3.8) is 0 Å². The van der Waals surface area contributed by atoms with Crippen molar-refractivity contribution in [2.75, 3.05) is 19.8 Å². The molecule has 37 heavy (non-hydrogen) atoms. The third-order valence-corrected chi connectivity index (χ3v) is 6.80. The molecule has 0 saturated heterocycles. The summed E-state index contributed by atoms with van der Waals surface area (Å²) in [6, 6.07) is 12.8. The molecule has 194 valence electrons. The Labute approximate surface area is 221 Å². The lowest BCUT2D eigenvalue weighted by Gasteiger charge is -2.29. The van der Waals surface area contributed by atoms with Crippen LogP contribution in [0.25, 0.3) is 5.69 Å². The van der Waals surface area contributed by atoms with E-state index in [1.165, 1.54) is 16.3 Å². The second-order valence-electron chi connectivity index (χ2n) is 8.85. The lowest BCUT2D eigenvalue weighted by Crippen LogP contribution is -2.36. The van der Waals surface area contributed by atoms with Crippen molar-refractivity contribution in [3.8, 4) is 5.69 Å². The summed E-state index contributed by atoms with van der Waals surface area (Å²) in [5.74, 6) is -1.40. The summed E-state index contributed by atoms with van der Waals surface area (Å²) in [6.07, 6.45) is 2.38. The predicted octanol–water partition coefficient (Wildman–Crippen LogP) is 5.17. The van der Waals surface area contributed by atoms with Gasteiger partial charge in [0, 0.05) is 13.1 Å². The second-order valence-corrected chi connectivity index (χ2v) is 9.23. The molecule has 2 heterocycles. The Morgan fingerprint density at radius 3 is 2.51 bits per heavy atom. The van der Waals surface area contributed by atoms with Gasteiger partial charge in [-0.2, -0.15) is 5.10 Å². The summed E-state index contributed by atoms with van der Waals surface area (Å²) in [7, 11) is 0. The minimum atomic E-state index is -0.647. The van der Waals surface area contributed by atoms with Crippen LogP contribution < -0.4 is 0 Å². The average Bonchev–Trinajstić information content (AvgIpc) is 3.21. The van der Waals surface area contributed by atoms with Crippen LogP contribution in [0.1, 0.15) is 74.7 Å². The lowest BCUT2D eigenvalue weighted by molar-refractivity contribution is 0.0496. The number of halogens is 1. The van der Waals surface area contributed by atoms with Crippen LogP contribution in [0.4, 0.5) is 0 Å². The highest BCUT2D eigenvalue weighted by molar-refractivity contribution is 6.34. The van der Waals surface area contributed by atoms with Crippen LogP contribution >= 0.6 is 11.6 Å². The first-order chi connectivity index (χ1) is 17.8. The first-order valence-electron chi connectivity index (χ1n) is 12.5. The summed E-state index contributed by atoms with van der Waals surface area (Å²) in [5.41, 5.74) is 3.68. The summed E-state index contributed by atoms with van der Waals surface area (Å²) in [6.45, 7) is 6.88. The highest BCUT2D eigenvalue weighted by Gasteiger charge is 2.28. The second kappa shape index (κ2) is 11.6. The van der Waals surface area contributed by atoms with Crippen LogP contribution in [0.3, 0.4) is 0 Å². The smallest absolute Gasteiger partial charge is 0.360 e. The Kier molecular flexibility index (Phi) is 8.28. The summed E-state index contributed by atoms with van der Waals surface area (Å²) >= 11 is 6.43. The predicted molar refractivity (Wildman–Crippen MR) is 139 cm³/mol. The summed E-state index contributed by atoms with van der Waals surface area (Å²) in [5, 5.41) is 4.53. The number of hydrogen-bond donors (Lipinski definition) is 0. The van der Waals surface area contributed by atoms with E-state index in [0.717, 1.165) is 24.8 Å². The number of ether oxygens (including phenoxy) is 2. The molecule has 1 aromatic heterocycles. The van der Waals surface area contributed by atoms with Gasteiger partial charge in [0.15, 0.2) is 5.69 Å². The SMILES string of the molecule is CCCCOC(=O)c1ccc(-n2nc(C(=O)OCC)c(Cl)c2C)c(C(=O)N2CCc3ccccc3C2)c1. The third kappa shape index (κ3) is 5.54. The van der Waals surface area contributed by atoms with Crippen LogP contribution in [0.2, 0.25) is 5.02 Å². The highest BCUT2D eigenvalue weighted by atomic mass is 35.5. The molecule has 2 aromatic carbocycles. The van der Waals surface area contributed by atoms with Gasteiger partial charge in [0.25, 0.3) is 5.91 Å². The molecule has 8 nitrogen and oxygen atoms in total. The zero-order valence-electron chi connectivity index (χ0n) is 21.3. The number of carbonyl (C=O) groups excluding carboxylic acids is 3. The van der Waals surface area contributed by atoms with E-state index in [1.54, 1.807) is 30.9 Å². The fraction of sp³-hybridized carbons (Fsp3) is 0.357. The molecule has 1 aliphatic heterocycles. The van der Waals surface area contributed by atoms with Crippen LogP contribution in [0.15, 0.2) is 42.5 Å². The molecule has 0 aliphatic carbocycles. The van der Waals surface area contributed by atoms with Crippen molar-refractivity contribution >= 4 is 29.4 Å². The maximum atomic E-state index is 13.9. The van der Waals surface area contributed by atoms with E-state index in [9.17, 15) is 14.4 Å². The van der Waals surface area contributed by atoms with Crippen LogP contribution in [-0.4, -0.2) is 52.3 Å². The zero-order chi connectivity index (χ0) is 26.5. The van der Waals surface area contributed by atoms with Crippen molar-refractivity contribution < 1.29 is 23.9 Å². The highest BCUT2D eigenvalue weighted by Crippen LogP contribution is 2.28. The van der Waals surface area contributed by atoms with Gasteiger partial charge in [0.2, 0.25) is 0 Å². The maximum absolute atomic E-state index is 13.9. The van der Waals surface area contributed by atoms with Crippen LogP contribution in [-0.2, 0) is 22.4 Å². The Morgan fingerprint density at radius 2 is 1.78 bits per heavy atom. The first kappa shape index (κ1) is 26.4. The van der Waals surface area contributed by atoms with E-state index in [0.29, 0.717) is 31.1 Å². The van der Waals surface area contributed by atoms with Gasteiger partial charge >= 0.3 is 11.9 Å². The van der Waals surface area contributed by atoms with E-state index < -0.39 is 11.9 Å². The van der Waals surface area contributed by atoms with Gasteiger partial charge in [0.05, 0.1) is 40.7 Å². The van der Waals surface area contributed by atoms with Crippen molar-refractivity contribution in [1.82, 2.24) is 14.7 Å². The van der Waals surface area contributed by atoms with Gasteiger partial charge in [-0.1, -0.05) is 49.2 Å². The molecule has 1 amide bonds.